The van der Waals surface area contributed by atoms with Gasteiger partial charge in [0.1, 0.15) is 12.4 Å². The summed E-state index contributed by atoms with van der Waals surface area (Å²) in [7, 11) is 1.74. The minimum absolute atomic E-state index is 0.0274. The van der Waals surface area contributed by atoms with Gasteiger partial charge in [0, 0.05) is 14.0 Å². The number of nitrogens with zero attached hydrogens (tertiary/aromatic N) is 1. The molecule has 0 aliphatic heterocycles. The van der Waals surface area contributed by atoms with Crippen LogP contribution in [0.5, 0.6) is 5.75 Å². The standard InChI is InChI=1S/C11H16N2O2/c1-9(14)13(2)7-8-15-11-6-4-3-5-10(11)12/h3-6H,7-8,12H2,1-2H3. The molecule has 4 heteroatoms. The summed E-state index contributed by atoms with van der Waals surface area (Å²) in [6, 6.07) is 7.30. The lowest BCUT2D eigenvalue weighted by Crippen LogP contribution is -2.28. The average Bonchev–Trinajstić information content (AvgIpc) is 2.20. The molecule has 0 radical (unpaired) electrons. The van der Waals surface area contributed by atoms with Crippen LogP contribution in [0.1, 0.15) is 6.92 Å². The van der Waals surface area contributed by atoms with Gasteiger partial charge in [-0.25, -0.2) is 0 Å². The van der Waals surface area contributed by atoms with Crippen LogP contribution in [0.25, 0.3) is 0 Å². The molecule has 0 heterocycles. The first kappa shape index (κ1) is 11.4. The minimum atomic E-state index is 0.0274. The number of anilines is 1. The SMILES string of the molecule is CC(=O)N(C)CCOc1ccccc1N. The smallest absolute Gasteiger partial charge is 0.219 e. The number of nitrogen functional groups attached to an aromatic ring is 1. The Morgan fingerprint density at radius 3 is 2.73 bits per heavy atom. The molecule has 0 atom stereocenters. The zero-order valence-corrected chi connectivity index (χ0v) is 9.06. The maximum atomic E-state index is 10.9. The second-order valence-corrected chi connectivity index (χ2v) is 3.33. The van der Waals surface area contributed by atoms with E-state index in [-0.39, 0.29) is 5.91 Å². The summed E-state index contributed by atoms with van der Waals surface area (Å²) in [6.07, 6.45) is 0. The Morgan fingerprint density at radius 1 is 1.47 bits per heavy atom. The van der Waals surface area contributed by atoms with Crippen molar-refractivity contribution in [2.75, 3.05) is 25.9 Å². The third-order valence-corrected chi connectivity index (χ3v) is 2.14. The number of likely N-dealkylation sites (N-methyl/N-ethyl adjacent to an activating group) is 1. The molecule has 0 spiro atoms. The van der Waals surface area contributed by atoms with E-state index in [9.17, 15) is 4.79 Å². The van der Waals surface area contributed by atoms with Gasteiger partial charge in [-0.1, -0.05) is 12.1 Å². The molecule has 0 aliphatic rings. The highest BCUT2D eigenvalue weighted by atomic mass is 16.5. The Hall–Kier alpha value is -1.71. The topological polar surface area (TPSA) is 55.6 Å². The summed E-state index contributed by atoms with van der Waals surface area (Å²) in [5.41, 5.74) is 6.31. The van der Waals surface area contributed by atoms with Gasteiger partial charge in [0.15, 0.2) is 0 Å². The van der Waals surface area contributed by atoms with E-state index in [1.165, 1.54) is 6.92 Å². The number of amides is 1. The van der Waals surface area contributed by atoms with E-state index in [1.807, 2.05) is 18.2 Å². The predicted octanol–water partition coefficient (Wildman–Crippen LogP) is 1.13. The third kappa shape index (κ3) is 3.50. The third-order valence-electron chi connectivity index (χ3n) is 2.14. The van der Waals surface area contributed by atoms with Crippen molar-refractivity contribution in [3.63, 3.8) is 0 Å². The highest BCUT2D eigenvalue weighted by Gasteiger charge is 2.02. The van der Waals surface area contributed by atoms with Crippen molar-refractivity contribution in [3.05, 3.63) is 24.3 Å². The number of hydrogen-bond acceptors (Lipinski definition) is 3. The van der Waals surface area contributed by atoms with Gasteiger partial charge in [0.25, 0.3) is 0 Å². The highest BCUT2D eigenvalue weighted by Crippen LogP contribution is 2.19. The molecule has 15 heavy (non-hydrogen) atoms. The summed E-state index contributed by atoms with van der Waals surface area (Å²) in [4.78, 5) is 12.5. The molecule has 4 nitrogen and oxygen atoms in total. The Kier molecular flexibility index (Phi) is 3.97. The lowest BCUT2D eigenvalue weighted by Gasteiger charge is -2.15. The lowest BCUT2D eigenvalue weighted by molar-refractivity contribution is -0.127. The van der Waals surface area contributed by atoms with Crippen LogP contribution < -0.4 is 10.5 Å². The zero-order valence-electron chi connectivity index (χ0n) is 9.06. The van der Waals surface area contributed by atoms with Crippen molar-refractivity contribution in [1.82, 2.24) is 4.90 Å². The molecule has 0 aromatic heterocycles. The van der Waals surface area contributed by atoms with Crippen molar-refractivity contribution >= 4 is 11.6 Å². The maximum absolute atomic E-state index is 10.9. The van der Waals surface area contributed by atoms with Crippen molar-refractivity contribution in [3.8, 4) is 5.75 Å². The van der Waals surface area contributed by atoms with E-state index < -0.39 is 0 Å². The molecule has 1 amide bonds. The van der Waals surface area contributed by atoms with E-state index in [1.54, 1.807) is 18.0 Å². The number of benzene rings is 1. The fourth-order valence-electron chi connectivity index (χ4n) is 1.06. The van der Waals surface area contributed by atoms with Gasteiger partial charge in [-0.2, -0.15) is 0 Å². The Labute approximate surface area is 89.6 Å². The van der Waals surface area contributed by atoms with Gasteiger partial charge in [-0.05, 0) is 12.1 Å². The molecule has 0 unspecified atom stereocenters. The largest absolute Gasteiger partial charge is 0.490 e. The number of ether oxygens (including phenoxy) is 1. The molecule has 0 saturated carbocycles. The second kappa shape index (κ2) is 5.24. The molecular formula is C11H16N2O2. The highest BCUT2D eigenvalue weighted by molar-refractivity contribution is 5.72. The predicted molar refractivity (Wildman–Crippen MR) is 59.7 cm³/mol. The quantitative estimate of drug-likeness (QED) is 0.754. The van der Waals surface area contributed by atoms with Gasteiger partial charge in [0.2, 0.25) is 5.91 Å². The summed E-state index contributed by atoms with van der Waals surface area (Å²) in [5.74, 6) is 0.689. The van der Waals surface area contributed by atoms with Crippen LogP contribution in [0, 0.1) is 0 Å². The molecule has 82 valence electrons. The molecule has 1 aromatic rings. The normalized spacial score (nSPS) is 9.73. The van der Waals surface area contributed by atoms with Crippen LogP contribution in [0.3, 0.4) is 0 Å². The van der Waals surface area contributed by atoms with E-state index in [0.29, 0.717) is 24.6 Å². The molecule has 0 saturated heterocycles. The summed E-state index contributed by atoms with van der Waals surface area (Å²) < 4.78 is 5.44. The Morgan fingerprint density at radius 2 is 2.13 bits per heavy atom. The van der Waals surface area contributed by atoms with Crippen LogP contribution in [0.15, 0.2) is 24.3 Å². The molecule has 0 bridgehead atoms. The van der Waals surface area contributed by atoms with Crippen LogP contribution in [-0.4, -0.2) is 31.0 Å². The van der Waals surface area contributed by atoms with Crippen LogP contribution in [0.4, 0.5) is 5.69 Å². The van der Waals surface area contributed by atoms with Crippen molar-refractivity contribution in [2.45, 2.75) is 6.92 Å². The second-order valence-electron chi connectivity index (χ2n) is 3.33. The molecule has 2 N–H and O–H groups in total. The van der Waals surface area contributed by atoms with E-state index >= 15 is 0 Å². The van der Waals surface area contributed by atoms with Crippen molar-refractivity contribution < 1.29 is 9.53 Å². The first-order valence-electron chi connectivity index (χ1n) is 4.80. The maximum Gasteiger partial charge on any atom is 0.219 e. The van der Waals surface area contributed by atoms with Gasteiger partial charge < -0.3 is 15.4 Å². The fourth-order valence-corrected chi connectivity index (χ4v) is 1.06. The molecule has 0 aliphatic carbocycles. The molecule has 0 fully saturated rings. The van der Waals surface area contributed by atoms with Gasteiger partial charge >= 0.3 is 0 Å². The average molecular weight is 208 g/mol. The number of carbonyl (C=O) groups is 1. The van der Waals surface area contributed by atoms with Gasteiger partial charge in [-0.3, -0.25) is 4.79 Å². The minimum Gasteiger partial charge on any atom is -0.490 e. The van der Waals surface area contributed by atoms with Crippen molar-refractivity contribution in [2.24, 2.45) is 0 Å². The van der Waals surface area contributed by atoms with E-state index in [0.717, 1.165) is 0 Å². The number of carbonyl (C=O) groups excluding carboxylic acids is 1. The van der Waals surface area contributed by atoms with E-state index in [4.69, 9.17) is 10.5 Å². The lowest BCUT2D eigenvalue weighted by atomic mass is 10.3. The number of nitrogens with two attached hydrogens (primary N) is 1. The van der Waals surface area contributed by atoms with Crippen LogP contribution in [0.2, 0.25) is 0 Å². The monoisotopic (exact) mass is 208 g/mol. The molecule has 1 rings (SSSR count). The van der Waals surface area contributed by atoms with Crippen LogP contribution in [-0.2, 0) is 4.79 Å². The van der Waals surface area contributed by atoms with Crippen molar-refractivity contribution in [1.29, 1.82) is 0 Å². The summed E-state index contributed by atoms with van der Waals surface area (Å²) >= 11 is 0. The summed E-state index contributed by atoms with van der Waals surface area (Å²) in [6.45, 7) is 2.53. The zero-order chi connectivity index (χ0) is 11.3. The van der Waals surface area contributed by atoms with Gasteiger partial charge in [-0.15, -0.1) is 0 Å². The van der Waals surface area contributed by atoms with Crippen LogP contribution >= 0.6 is 0 Å². The van der Waals surface area contributed by atoms with Gasteiger partial charge in [0.05, 0.1) is 12.2 Å². The number of hydrogen-bond donors (Lipinski definition) is 1. The Balaban J connectivity index is 2.38. The fraction of sp³-hybridized carbons (Fsp3) is 0.364. The first-order chi connectivity index (χ1) is 7.11. The molecular weight excluding hydrogens is 192 g/mol. The number of para-hydroxylation sites is 2. The molecule has 1 aromatic carbocycles. The van der Waals surface area contributed by atoms with E-state index in [2.05, 4.69) is 0 Å². The Bertz CT molecular complexity index is 339. The summed E-state index contributed by atoms with van der Waals surface area (Å²) in [5, 5.41) is 0. The first-order valence-corrected chi connectivity index (χ1v) is 4.80. The number of rotatable bonds is 4.